The molecule has 32 heavy (non-hydrogen) atoms. The van der Waals surface area contributed by atoms with Crippen LogP contribution in [0.15, 0.2) is 60.0 Å². The molecule has 4 aromatic rings. The number of carbonyl (C=O) groups excluding carboxylic acids is 1. The Kier molecular flexibility index (Phi) is 5.07. The Morgan fingerprint density at radius 2 is 1.81 bits per heavy atom. The summed E-state index contributed by atoms with van der Waals surface area (Å²) < 4.78 is 13.7. The van der Waals surface area contributed by atoms with Crippen LogP contribution in [0.25, 0.3) is 10.9 Å². The van der Waals surface area contributed by atoms with Crippen molar-refractivity contribution >= 4 is 40.0 Å². The topological polar surface area (TPSA) is 78.0 Å². The van der Waals surface area contributed by atoms with Gasteiger partial charge >= 0.3 is 0 Å². The van der Waals surface area contributed by atoms with Gasteiger partial charge in [0.2, 0.25) is 6.79 Å². The number of nitrogens with zero attached hydrogens (tertiary/aromatic N) is 3. The fraction of sp³-hybridized carbons (Fsp3) is 0.130. The van der Waals surface area contributed by atoms with Crippen molar-refractivity contribution in [3.63, 3.8) is 0 Å². The van der Waals surface area contributed by atoms with E-state index >= 15 is 0 Å². The average molecular weight is 470 g/mol. The highest BCUT2D eigenvalue weighted by molar-refractivity contribution is 6.34. The van der Waals surface area contributed by atoms with Gasteiger partial charge in [0.15, 0.2) is 11.5 Å². The zero-order valence-corrected chi connectivity index (χ0v) is 18.4. The van der Waals surface area contributed by atoms with E-state index in [1.165, 1.54) is 12.4 Å². The Morgan fingerprint density at radius 3 is 2.59 bits per heavy atom. The molecule has 2 aromatic heterocycles. The summed E-state index contributed by atoms with van der Waals surface area (Å²) in [4.78, 5) is 16.9. The molecule has 1 aliphatic heterocycles. The molecule has 1 amide bonds. The van der Waals surface area contributed by atoms with Gasteiger partial charge in [-0.25, -0.2) is 4.99 Å². The molecule has 162 valence electrons. The zero-order chi connectivity index (χ0) is 22.4. The third kappa shape index (κ3) is 3.70. The Labute approximate surface area is 192 Å². The lowest BCUT2D eigenvalue weighted by Gasteiger charge is -2.08. The van der Waals surface area contributed by atoms with Crippen molar-refractivity contribution in [3.05, 3.63) is 87.1 Å². The number of hydrogen-bond donors (Lipinski definition) is 1. The first-order valence-electron chi connectivity index (χ1n) is 9.72. The van der Waals surface area contributed by atoms with Gasteiger partial charge in [0.25, 0.3) is 5.91 Å². The number of amides is 1. The van der Waals surface area contributed by atoms with Crippen LogP contribution in [0.3, 0.4) is 0 Å². The molecule has 0 atom stereocenters. The summed E-state index contributed by atoms with van der Waals surface area (Å²) in [6.45, 7) is 2.85. The molecular formula is C23H17Cl2N3O4. The molecule has 0 radical (unpaired) electrons. The molecule has 0 bridgehead atoms. The fourth-order valence-electron chi connectivity index (χ4n) is 3.75. The van der Waals surface area contributed by atoms with E-state index < -0.39 is 5.91 Å². The van der Waals surface area contributed by atoms with Gasteiger partial charge < -0.3 is 19.2 Å². The van der Waals surface area contributed by atoms with Gasteiger partial charge in [-0.2, -0.15) is 4.73 Å². The minimum absolute atomic E-state index is 0.0662. The van der Waals surface area contributed by atoms with Crippen molar-refractivity contribution in [3.8, 4) is 11.5 Å². The van der Waals surface area contributed by atoms with Crippen LogP contribution in [0.5, 0.6) is 11.5 Å². The van der Waals surface area contributed by atoms with Crippen LogP contribution in [0.2, 0.25) is 10.0 Å². The van der Waals surface area contributed by atoms with Gasteiger partial charge in [-0.1, -0.05) is 35.3 Å². The molecule has 1 aliphatic rings. The van der Waals surface area contributed by atoms with E-state index in [-0.39, 0.29) is 22.2 Å². The van der Waals surface area contributed by atoms with Crippen molar-refractivity contribution in [2.24, 2.45) is 4.99 Å². The van der Waals surface area contributed by atoms with Crippen LogP contribution >= 0.6 is 23.2 Å². The Bertz CT molecular complexity index is 1430. The SMILES string of the molecule is Cc1cn(Cc2ccc3c(c2)OCO3)c2cc(C(=O)N=c3c(Cl)cn(O)cc3Cl)ccc12. The maximum absolute atomic E-state index is 12.9. The zero-order valence-electron chi connectivity index (χ0n) is 16.9. The van der Waals surface area contributed by atoms with Crippen LogP contribution in [0, 0.1) is 6.92 Å². The first-order valence-corrected chi connectivity index (χ1v) is 10.5. The van der Waals surface area contributed by atoms with Crippen molar-refractivity contribution in [1.29, 1.82) is 0 Å². The maximum atomic E-state index is 12.9. The number of hydrogen-bond acceptors (Lipinski definition) is 4. The second-order valence-electron chi connectivity index (χ2n) is 7.46. The lowest BCUT2D eigenvalue weighted by atomic mass is 10.1. The molecule has 5 rings (SSSR count). The molecule has 0 saturated heterocycles. The van der Waals surface area contributed by atoms with Crippen LogP contribution in [0.1, 0.15) is 21.5 Å². The molecule has 7 nitrogen and oxygen atoms in total. The second kappa shape index (κ2) is 7.93. The fourth-order valence-corrected chi connectivity index (χ4v) is 4.29. The second-order valence-corrected chi connectivity index (χ2v) is 8.27. The van der Waals surface area contributed by atoms with Crippen molar-refractivity contribution in [2.45, 2.75) is 13.5 Å². The number of pyridine rings is 1. The number of rotatable bonds is 3. The summed E-state index contributed by atoms with van der Waals surface area (Å²) in [7, 11) is 0. The Morgan fingerprint density at radius 1 is 1.06 bits per heavy atom. The number of ether oxygens (including phenoxy) is 2. The highest BCUT2D eigenvalue weighted by Crippen LogP contribution is 2.33. The smallest absolute Gasteiger partial charge is 0.277 e. The van der Waals surface area contributed by atoms with Gasteiger partial charge in [-0.3, -0.25) is 4.79 Å². The van der Waals surface area contributed by atoms with Crippen molar-refractivity contribution < 1.29 is 19.5 Å². The summed E-state index contributed by atoms with van der Waals surface area (Å²) in [5.41, 5.74) is 3.45. The minimum Gasteiger partial charge on any atom is -0.454 e. The van der Waals surface area contributed by atoms with Gasteiger partial charge in [-0.05, 0) is 42.3 Å². The van der Waals surface area contributed by atoms with E-state index in [0.29, 0.717) is 16.8 Å². The summed E-state index contributed by atoms with van der Waals surface area (Å²) in [6, 6.07) is 11.3. The number of fused-ring (bicyclic) bond motifs is 2. The number of aryl methyl sites for hydroxylation is 1. The molecule has 0 aliphatic carbocycles. The van der Waals surface area contributed by atoms with E-state index in [4.69, 9.17) is 32.7 Å². The molecular weight excluding hydrogens is 453 g/mol. The first kappa shape index (κ1) is 20.5. The third-order valence-electron chi connectivity index (χ3n) is 5.28. The minimum atomic E-state index is -0.486. The van der Waals surface area contributed by atoms with Crippen molar-refractivity contribution in [1.82, 2.24) is 9.30 Å². The lowest BCUT2D eigenvalue weighted by Crippen LogP contribution is -2.12. The quantitative estimate of drug-likeness (QED) is 0.436. The van der Waals surface area contributed by atoms with Crippen molar-refractivity contribution in [2.75, 3.05) is 6.79 Å². The van der Waals surface area contributed by atoms with Gasteiger partial charge in [-0.15, -0.1) is 0 Å². The molecule has 0 unspecified atom stereocenters. The van der Waals surface area contributed by atoms with E-state index in [2.05, 4.69) is 9.56 Å². The predicted molar refractivity (Wildman–Crippen MR) is 120 cm³/mol. The van der Waals surface area contributed by atoms with E-state index in [9.17, 15) is 10.0 Å². The molecule has 0 saturated carbocycles. The van der Waals surface area contributed by atoms with Gasteiger partial charge in [0, 0.05) is 29.2 Å². The van der Waals surface area contributed by atoms with Gasteiger partial charge in [0.05, 0.1) is 22.4 Å². The number of aromatic nitrogens is 2. The summed E-state index contributed by atoms with van der Waals surface area (Å²) in [6.07, 6.45) is 4.47. The standard InChI is InChI=1S/C23H17Cl2N3O4/c1-13-8-27(9-14-2-5-20-21(6-14)32-12-31-20)19-7-15(3-4-16(13)19)23(29)26-22-17(24)10-28(30)11-18(22)25/h2-8,10-11,30H,9,12H2,1H3. The molecule has 1 N–H and O–H groups in total. The predicted octanol–water partition coefficient (Wildman–Crippen LogP) is 4.81. The Hall–Kier alpha value is -3.42. The molecule has 3 heterocycles. The van der Waals surface area contributed by atoms with E-state index in [0.717, 1.165) is 33.5 Å². The van der Waals surface area contributed by atoms with Gasteiger partial charge in [0.1, 0.15) is 5.36 Å². The summed E-state index contributed by atoms with van der Waals surface area (Å²) >= 11 is 12.2. The number of carbonyl (C=O) groups is 1. The van der Waals surface area contributed by atoms with Crippen LogP contribution < -0.4 is 14.8 Å². The van der Waals surface area contributed by atoms with Crippen LogP contribution in [0.4, 0.5) is 0 Å². The van der Waals surface area contributed by atoms with Crippen LogP contribution in [-0.4, -0.2) is 27.2 Å². The average Bonchev–Trinajstić information content (AvgIpc) is 3.34. The third-order valence-corrected chi connectivity index (χ3v) is 5.83. The lowest BCUT2D eigenvalue weighted by molar-refractivity contribution is 0.0998. The van der Waals surface area contributed by atoms with E-state index in [1.807, 2.05) is 37.4 Å². The normalized spacial score (nSPS) is 12.3. The van der Waals surface area contributed by atoms with E-state index in [1.54, 1.807) is 12.1 Å². The molecule has 2 aromatic carbocycles. The first-order chi connectivity index (χ1) is 15.4. The summed E-state index contributed by atoms with van der Waals surface area (Å²) in [5, 5.41) is 10.8. The highest BCUT2D eigenvalue weighted by atomic mass is 35.5. The number of halogens is 2. The molecule has 0 fully saturated rings. The molecule has 0 spiro atoms. The Balaban J connectivity index is 1.53. The monoisotopic (exact) mass is 469 g/mol. The van der Waals surface area contributed by atoms with Crippen LogP contribution in [-0.2, 0) is 6.54 Å². The molecule has 9 heteroatoms. The highest BCUT2D eigenvalue weighted by Gasteiger charge is 2.15. The largest absolute Gasteiger partial charge is 0.454 e. The maximum Gasteiger partial charge on any atom is 0.277 e. The summed E-state index contributed by atoms with van der Waals surface area (Å²) in [5.74, 6) is 0.979. The number of benzene rings is 2.